The number of aliphatic hydroxyl groups is 2. The van der Waals surface area contributed by atoms with Crippen molar-refractivity contribution in [2.45, 2.75) is 112 Å². The number of aliphatic hydroxyl groups excluding tert-OH is 2. The Kier molecular flexibility index (Phi) is 5.13. The number of aliphatic carboxylic acids is 1. The van der Waals surface area contributed by atoms with Gasteiger partial charge in [0.1, 0.15) is 0 Å². The topological polar surface area (TPSA) is 77.8 Å². The van der Waals surface area contributed by atoms with Gasteiger partial charge >= 0.3 is 5.97 Å². The average molecular weight is 459 g/mol. The first kappa shape index (κ1) is 23.9. The van der Waals surface area contributed by atoms with Crippen LogP contribution < -0.4 is 0 Å². The Balaban J connectivity index is 1.61. The van der Waals surface area contributed by atoms with Gasteiger partial charge in [-0.05, 0) is 103 Å². The summed E-state index contributed by atoms with van der Waals surface area (Å²) in [4.78, 5) is 12.7. The number of rotatable bonds is 1. The molecule has 4 fully saturated rings. The molecule has 0 saturated heterocycles. The van der Waals surface area contributed by atoms with Crippen molar-refractivity contribution in [3.63, 3.8) is 0 Å². The number of hydrogen-bond acceptors (Lipinski definition) is 3. The maximum absolute atomic E-state index is 12.7. The summed E-state index contributed by atoms with van der Waals surface area (Å²) in [5.74, 6) is 0.213. The standard InChI is InChI=1S/C29H46O4/c1-17-20(30)9-10-26(4)22-8-7-18-19-15-25(2,3)11-13-29(19,24(32)33)14-12-27(18,5)28(22,6)16-21(31)23(17)26/h7,17,19-23,30-31H,8-16H2,1-6H3,(H,32,33)/t17?,19-,20-,21+,22?,23?,26+,27+,28+,29-/m0/s1. The van der Waals surface area contributed by atoms with Gasteiger partial charge in [0.05, 0.1) is 17.6 Å². The van der Waals surface area contributed by atoms with Crippen LogP contribution in [0.3, 0.4) is 0 Å². The van der Waals surface area contributed by atoms with E-state index in [1.165, 1.54) is 5.57 Å². The van der Waals surface area contributed by atoms with Gasteiger partial charge in [0.15, 0.2) is 0 Å². The largest absolute Gasteiger partial charge is 0.481 e. The van der Waals surface area contributed by atoms with Gasteiger partial charge in [-0.15, -0.1) is 0 Å². The van der Waals surface area contributed by atoms with Crippen molar-refractivity contribution in [1.29, 1.82) is 0 Å². The quantitative estimate of drug-likeness (QED) is 0.433. The van der Waals surface area contributed by atoms with E-state index < -0.39 is 17.5 Å². The van der Waals surface area contributed by atoms with Gasteiger partial charge in [0, 0.05) is 0 Å². The molecular formula is C29H46O4. The summed E-state index contributed by atoms with van der Waals surface area (Å²) < 4.78 is 0. The van der Waals surface area contributed by atoms with Crippen LogP contribution in [0.15, 0.2) is 11.6 Å². The van der Waals surface area contributed by atoms with Crippen LogP contribution in [0.5, 0.6) is 0 Å². The normalized spacial score (nSPS) is 55.3. The highest BCUT2D eigenvalue weighted by molar-refractivity contribution is 5.76. The summed E-state index contributed by atoms with van der Waals surface area (Å²) in [5.41, 5.74) is 0.813. The summed E-state index contributed by atoms with van der Waals surface area (Å²) in [6, 6.07) is 0. The summed E-state index contributed by atoms with van der Waals surface area (Å²) >= 11 is 0. The van der Waals surface area contributed by atoms with Crippen molar-refractivity contribution in [1.82, 2.24) is 0 Å². The highest BCUT2D eigenvalue weighted by atomic mass is 16.4. The van der Waals surface area contributed by atoms with E-state index in [1.54, 1.807) is 0 Å². The molecule has 0 bridgehead atoms. The molecule has 10 atom stereocenters. The zero-order valence-electron chi connectivity index (χ0n) is 21.7. The summed E-state index contributed by atoms with van der Waals surface area (Å²) in [6.45, 7) is 14.0. The van der Waals surface area contributed by atoms with E-state index in [2.05, 4.69) is 47.6 Å². The molecule has 5 rings (SSSR count). The minimum Gasteiger partial charge on any atom is -0.481 e. The summed E-state index contributed by atoms with van der Waals surface area (Å²) in [6.07, 6.45) is 9.66. The maximum atomic E-state index is 12.7. The van der Waals surface area contributed by atoms with Crippen molar-refractivity contribution >= 4 is 5.97 Å². The molecule has 0 heterocycles. The Morgan fingerprint density at radius 3 is 2.27 bits per heavy atom. The molecule has 33 heavy (non-hydrogen) atoms. The van der Waals surface area contributed by atoms with Gasteiger partial charge < -0.3 is 15.3 Å². The van der Waals surface area contributed by atoms with E-state index >= 15 is 0 Å². The lowest BCUT2D eigenvalue weighted by atomic mass is 9.34. The fourth-order valence-electron chi connectivity index (χ4n) is 10.4. The van der Waals surface area contributed by atoms with Gasteiger partial charge in [0.25, 0.3) is 0 Å². The fourth-order valence-corrected chi connectivity index (χ4v) is 10.4. The molecule has 4 heteroatoms. The van der Waals surface area contributed by atoms with E-state index in [0.29, 0.717) is 5.92 Å². The van der Waals surface area contributed by atoms with E-state index in [1.807, 2.05) is 0 Å². The number of carbonyl (C=O) groups is 1. The Morgan fingerprint density at radius 2 is 1.61 bits per heavy atom. The second-order valence-electron chi connectivity index (χ2n) is 14.3. The SMILES string of the molecule is CC1C2[C@H](O)C[C@]3(C)C(CC=C4[C@@H]5CC(C)(C)CC[C@]5(C(=O)O)CC[C@]43C)[C@@]2(C)CC[C@@H]1O. The Bertz CT molecular complexity index is 877. The molecule has 0 aromatic rings. The Morgan fingerprint density at radius 1 is 0.939 bits per heavy atom. The second-order valence-corrected chi connectivity index (χ2v) is 14.3. The van der Waals surface area contributed by atoms with Gasteiger partial charge in [-0.2, -0.15) is 0 Å². The van der Waals surface area contributed by atoms with Crippen LogP contribution in [0.25, 0.3) is 0 Å². The first-order chi connectivity index (χ1) is 15.2. The predicted octanol–water partition coefficient (Wildman–Crippen LogP) is 5.81. The van der Waals surface area contributed by atoms with Crippen LogP contribution >= 0.6 is 0 Å². The number of carboxylic acid groups (broad SMARTS) is 1. The maximum Gasteiger partial charge on any atom is 0.310 e. The summed E-state index contributed by atoms with van der Waals surface area (Å²) in [7, 11) is 0. The van der Waals surface area contributed by atoms with E-state index in [9.17, 15) is 20.1 Å². The first-order valence-electron chi connectivity index (χ1n) is 13.5. The lowest BCUT2D eigenvalue weighted by molar-refractivity contribution is -0.220. The van der Waals surface area contributed by atoms with E-state index in [4.69, 9.17) is 0 Å². The monoisotopic (exact) mass is 458 g/mol. The molecular weight excluding hydrogens is 412 g/mol. The number of carboxylic acids is 1. The van der Waals surface area contributed by atoms with Crippen LogP contribution in [0, 0.1) is 50.7 Å². The van der Waals surface area contributed by atoms with Crippen molar-refractivity contribution in [2.75, 3.05) is 0 Å². The van der Waals surface area contributed by atoms with Crippen LogP contribution in [-0.2, 0) is 4.79 Å². The second kappa shape index (κ2) is 7.09. The van der Waals surface area contributed by atoms with Gasteiger partial charge in [-0.3, -0.25) is 4.79 Å². The molecule has 4 nitrogen and oxygen atoms in total. The van der Waals surface area contributed by atoms with Gasteiger partial charge in [-0.25, -0.2) is 0 Å². The Labute approximate surface area is 200 Å². The van der Waals surface area contributed by atoms with Crippen molar-refractivity contribution in [3.05, 3.63) is 11.6 Å². The van der Waals surface area contributed by atoms with E-state index in [-0.39, 0.29) is 45.5 Å². The Hall–Kier alpha value is -0.870. The van der Waals surface area contributed by atoms with Crippen molar-refractivity contribution in [2.24, 2.45) is 50.7 Å². The third-order valence-electron chi connectivity index (χ3n) is 12.5. The summed E-state index contributed by atoms with van der Waals surface area (Å²) in [5, 5.41) is 32.7. The third kappa shape index (κ3) is 2.92. The third-order valence-corrected chi connectivity index (χ3v) is 12.5. The minimum atomic E-state index is -0.618. The molecule has 0 spiro atoms. The molecule has 0 radical (unpaired) electrons. The number of allylic oxidation sites excluding steroid dienone is 2. The highest BCUT2D eigenvalue weighted by Gasteiger charge is 2.69. The highest BCUT2D eigenvalue weighted by Crippen LogP contribution is 2.74. The van der Waals surface area contributed by atoms with Crippen LogP contribution in [0.1, 0.15) is 99.3 Å². The zero-order chi connectivity index (χ0) is 24.2. The first-order valence-corrected chi connectivity index (χ1v) is 13.5. The van der Waals surface area contributed by atoms with Crippen molar-refractivity contribution in [3.8, 4) is 0 Å². The lowest BCUT2D eigenvalue weighted by Crippen LogP contribution is -2.66. The average Bonchev–Trinajstić information content (AvgIpc) is 2.71. The molecule has 0 aliphatic heterocycles. The van der Waals surface area contributed by atoms with Crippen LogP contribution in [0.4, 0.5) is 0 Å². The lowest BCUT2D eigenvalue weighted by Gasteiger charge is -2.70. The van der Waals surface area contributed by atoms with Crippen LogP contribution in [0.2, 0.25) is 0 Å². The predicted molar refractivity (Wildman–Crippen MR) is 129 cm³/mol. The van der Waals surface area contributed by atoms with Crippen LogP contribution in [-0.4, -0.2) is 33.5 Å². The molecule has 0 aromatic carbocycles. The van der Waals surface area contributed by atoms with E-state index in [0.717, 1.165) is 57.8 Å². The smallest absolute Gasteiger partial charge is 0.310 e. The fraction of sp³-hybridized carbons (Fsp3) is 0.897. The molecule has 0 aromatic heterocycles. The van der Waals surface area contributed by atoms with Gasteiger partial charge in [-0.1, -0.05) is 53.2 Å². The zero-order valence-corrected chi connectivity index (χ0v) is 21.7. The van der Waals surface area contributed by atoms with Crippen molar-refractivity contribution < 1.29 is 20.1 Å². The molecule has 0 amide bonds. The molecule has 3 unspecified atom stereocenters. The number of fused-ring (bicyclic) bond motifs is 7. The van der Waals surface area contributed by atoms with Gasteiger partial charge in [0.2, 0.25) is 0 Å². The minimum absolute atomic E-state index is 0.00325. The molecule has 4 saturated carbocycles. The molecule has 5 aliphatic carbocycles. The number of hydrogen-bond donors (Lipinski definition) is 3. The molecule has 186 valence electrons. The molecule has 5 aliphatic rings. The molecule has 3 N–H and O–H groups in total.